The van der Waals surface area contributed by atoms with Gasteiger partial charge in [-0.15, -0.1) is 0 Å². The van der Waals surface area contributed by atoms with Gasteiger partial charge in [0.1, 0.15) is 6.29 Å². The van der Waals surface area contributed by atoms with Crippen molar-refractivity contribution in [1.82, 2.24) is 0 Å². The largest absolute Gasteiger partial charge is 0.326 e. The van der Waals surface area contributed by atoms with Gasteiger partial charge in [0.2, 0.25) is 5.91 Å². The fraction of sp³-hybridized carbons (Fsp3) is 0.333. The topological polar surface area (TPSA) is 46.2 Å². The number of carbonyl (C=O) groups is 2. The molecule has 3 nitrogen and oxygen atoms in total. The molecule has 1 aromatic carbocycles. The minimum absolute atomic E-state index is 0.0344. The van der Waals surface area contributed by atoms with Crippen LogP contribution in [-0.2, 0) is 16.0 Å². The van der Waals surface area contributed by atoms with E-state index in [1.807, 2.05) is 30.3 Å². The lowest BCUT2D eigenvalue weighted by Crippen LogP contribution is -2.12. The molecule has 176 valence electrons. The molecule has 0 fully saturated rings. The molecule has 0 radical (unpaired) electrons. The van der Waals surface area contributed by atoms with Crippen LogP contribution in [0.4, 0.5) is 5.69 Å². The lowest BCUT2D eigenvalue weighted by atomic mass is 10.1. The van der Waals surface area contributed by atoms with Gasteiger partial charge in [-0.25, -0.2) is 0 Å². The number of nitrogens with one attached hydrogen (secondary N) is 1. The van der Waals surface area contributed by atoms with E-state index in [0.29, 0.717) is 19.3 Å². The maximum Gasteiger partial charge on any atom is 0.224 e. The van der Waals surface area contributed by atoms with E-state index in [9.17, 15) is 9.59 Å². The highest BCUT2D eigenvalue weighted by Gasteiger charge is 2.05. The van der Waals surface area contributed by atoms with Gasteiger partial charge in [-0.2, -0.15) is 0 Å². The monoisotopic (exact) mass is 445 g/mol. The van der Waals surface area contributed by atoms with Gasteiger partial charge in [0, 0.05) is 18.5 Å². The van der Waals surface area contributed by atoms with E-state index >= 15 is 0 Å². The van der Waals surface area contributed by atoms with E-state index in [-0.39, 0.29) is 5.91 Å². The zero-order chi connectivity index (χ0) is 23.8. The highest BCUT2D eigenvalue weighted by Crippen LogP contribution is 2.15. The summed E-state index contributed by atoms with van der Waals surface area (Å²) in [4.78, 5) is 22.8. The van der Waals surface area contributed by atoms with Crippen LogP contribution in [0.3, 0.4) is 0 Å². The van der Waals surface area contributed by atoms with Crippen molar-refractivity contribution < 1.29 is 9.59 Å². The van der Waals surface area contributed by atoms with Crippen molar-refractivity contribution in [2.45, 2.75) is 64.7 Å². The number of anilines is 1. The Morgan fingerprint density at radius 3 is 1.73 bits per heavy atom. The van der Waals surface area contributed by atoms with Gasteiger partial charge < -0.3 is 10.1 Å². The van der Waals surface area contributed by atoms with Gasteiger partial charge in [-0.1, -0.05) is 98.0 Å². The lowest BCUT2D eigenvalue weighted by molar-refractivity contribution is -0.116. The molecule has 0 bridgehead atoms. The Kier molecular flexibility index (Phi) is 17.4. The van der Waals surface area contributed by atoms with Crippen molar-refractivity contribution in [3.8, 4) is 0 Å². The Balaban J connectivity index is 2.08. The predicted molar refractivity (Wildman–Crippen MR) is 142 cm³/mol. The number of allylic oxidation sites excluding steroid dienone is 12. The number of aldehydes is 1. The first-order chi connectivity index (χ1) is 16.3. The molecule has 1 N–H and O–H groups in total. The average molecular weight is 446 g/mol. The second-order valence-corrected chi connectivity index (χ2v) is 7.53. The SMILES string of the molecule is CC/C=C\C/C=C\C/C=C\C/C=C\C/C=C\C/C=C\CCC(=O)Nc1ccccc1CC=O. The predicted octanol–water partition coefficient (Wildman–Crippen LogP) is 7.84. The van der Waals surface area contributed by atoms with Gasteiger partial charge in [0.25, 0.3) is 0 Å². The third-order valence-corrected chi connectivity index (χ3v) is 4.73. The summed E-state index contributed by atoms with van der Waals surface area (Å²) >= 11 is 0. The average Bonchev–Trinajstić information content (AvgIpc) is 2.82. The molecular formula is C30H39NO2. The Morgan fingerprint density at radius 2 is 1.21 bits per heavy atom. The molecule has 0 aliphatic carbocycles. The summed E-state index contributed by atoms with van der Waals surface area (Å²) in [5.41, 5.74) is 1.56. The second-order valence-electron chi connectivity index (χ2n) is 7.53. The molecule has 1 aromatic rings. The van der Waals surface area contributed by atoms with Gasteiger partial charge in [-0.3, -0.25) is 4.79 Å². The van der Waals surface area contributed by atoms with Crippen molar-refractivity contribution >= 4 is 17.9 Å². The highest BCUT2D eigenvalue weighted by atomic mass is 16.1. The molecule has 1 rings (SSSR count). The van der Waals surface area contributed by atoms with E-state index in [0.717, 1.165) is 56.1 Å². The summed E-state index contributed by atoms with van der Waals surface area (Å²) in [7, 11) is 0. The van der Waals surface area contributed by atoms with Crippen molar-refractivity contribution in [3.63, 3.8) is 0 Å². The maximum absolute atomic E-state index is 12.1. The van der Waals surface area contributed by atoms with Crippen LogP contribution < -0.4 is 5.32 Å². The first kappa shape index (κ1) is 27.8. The van der Waals surface area contributed by atoms with Gasteiger partial charge in [0.05, 0.1) is 0 Å². The van der Waals surface area contributed by atoms with E-state index in [2.05, 4.69) is 79.1 Å². The Hall–Kier alpha value is -3.20. The number of hydrogen-bond donors (Lipinski definition) is 1. The van der Waals surface area contributed by atoms with Crippen LogP contribution in [0, 0.1) is 0 Å². The van der Waals surface area contributed by atoms with Crippen LogP contribution in [0.1, 0.15) is 63.9 Å². The number of benzene rings is 1. The molecule has 0 aromatic heterocycles. The number of hydrogen-bond acceptors (Lipinski definition) is 2. The van der Waals surface area contributed by atoms with Crippen LogP contribution in [0.5, 0.6) is 0 Å². The standard InChI is InChI=1S/C30H39NO2/c1-2-3-4-5-6-7-8-9-10-11-12-13-14-15-16-17-18-19-20-25-30(33)31-29-24-22-21-23-28(29)26-27-32/h3-4,6-7,9-10,12-13,15-16,18-19,21-24,27H,2,5,8,11,14,17,20,25-26H2,1H3,(H,31,33)/b4-3-,7-6-,10-9-,13-12-,16-15-,19-18-. The Morgan fingerprint density at radius 1 is 0.727 bits per heavy atom. The summed E-state index contributed by atoms with van der Waals surface area (Å²) < 4.78 is 0. The molecule has 0 unspecified atom stereocenters. The molecule has 0 aliphatic heterocycles. The lowest BCUT2D eigenvalue weighted by Gasteiger charge is -2.08. The third-order valence-electron chi connectivity index (χ3n) is 4.73. The van der Waals surface area contributed by atoms with Crippen molar-refractivity contribution in [3.05, 3.63) is 103 Å². The van der Waals surface area contributed by atoms with Crippen molar-refractivity contribution in [1.29, 1.82) is 0 Å². The van der Waals surface area contributed by atoms with E-state index in [4.69, 9.17) is 0 Å². The zero-order valence-corrected chi connectivity index (χ0v) is 20.0. The van der Waals surface area contributed by atoms with Crippen LogP contribution in [-0.4, -0.2) is 12.2 Å². The third kappa shape index (κ3) is 16.1. The van der Waals surface area contributed by atoms with Crippen LogP contribution >= 0.6 is 0 Å². The molecule has 0 aliphatic rings. The van der Waals surface area contributed by atoms with Crippen molar-refractivity contribution in [2.24, 2.45) is 0 Å². The first-order valence-electron chi connectivity index (χ1n) is 12.0. The molecule has 0 heterocycles. The fourth-order valence-corrected chi connectivity index (χ4v) is 2.98. The number of rotatable bonds is 17. The van der Waals surface area contributed by atoms with Crippen LogP contribution in [0.15, 0.2) is 97.2 Å². The minimum atomic E-state index is -0.0344. The van der Waals surface area contributed by atoms with Gasteiger partial charge >= 0.3 is 0 Å². The van der Waals surface area contributed by atoms with Crippen molar-refractivity contribution in [2.75, 3.05) is 5.32 Å². The molecule has 3 heteroatoms. The summed E-state index contributed by atoms with van der Waals surface area (Å²) in [5.74, 6) is -0.0344. The summed E-state index contributed by atoms with van der Waals surface area (Å²) in [6.45, 7) is 2.15. The zero-order valence-electron chi connectivity index (χ0n) is 20.0. The Bertz CT molecular complexity index is 841. The molecule has 33 heavy (non-hydrogen) atoms. The molecule has 0 atom stereocenters. The van der Waals surface area contributed by atoms with Crippen LogP contribution in [0.25, 0.3) is 0 Å². The quantitative estimate of drug-likeness (QED) is 0.196. The summed E-state index contributed by atoms with van der Waals surface area (Å²) in [5, 5.41) is 2.89. The normalized spacial score (nSPS) is 12.4. The van der Waals surface area contributed by atoms with E-state index < -0.39 is 0 Å². The number of amides is 1. The molecule has 0 spiro atoms. The van der Waals surface area contributed by atoms with Crippen LogP contribution in [0.2, 0.25) is 0 Å². The van der Waals surface area contributed by atoms with Gasteiger partial charge in [-0.05, 0) is 56.6 Å². The van der Waals surface area contributed by atoms with E-state index in [1.54, 1.807) is 0 Å². The minimum Gasteiger partial charge on any atom is -0.326 e. The maximum atomic E-state index is 12.1. The molecular weight excluding hydrogens is 406 g/mol. The molecule has 0 saturated heterocycles. The second kappa shape index (κ2) is 20.7. The number of para-hydroxylation sites is 1. The van der Waals surface area contributed by atoms with Gasteiger partial charge in [0.15, 0.2) is 0 Å². The number of carbonyl (C=O) groups excluding carboxylic acids is 2. The Labute approximate surface area is 200 Å². The smallest absolute Gasteiger partial charge is 0.224 e. The van der Waals surface area contributed by atoms with E-state index in [1.165, 1.54) is 0 Å². The summed E-state index contributed by atoms with van der Waals surface area (Å²) in [6, 6.07) is 7.41. The molecule has 1 amide bonds. The highest BCUT2D eigenvalue weighted by molar-refractivity contribution is 5.91. The molecule has 0 saturated carbocycles. The summed E-state index contributed by atoms with van der Waals surface area (Å²) in [6.07, 6.45) is 34.2. The fourth-order valence-electron chi connectivity index (χ4n) is 2.98. The first-order valence-corrected chi connectivity index (χ1v) is 12.0.